The van der Waals surface area contributed by atoms with E-state index in [9.17, 15) is 4.79 Å². The van der Waals surface area contributed by atoms with Crippen LogP contribution in [-0.4, -0.2) is 11.1 Å². The number of ether oxygens (including phenoxy) is 3. The summed E-state index contributed by atoms with van der Waals surface area (Å²) in [7, 11) is 0. The molecule has 1 fully saturated rings. The number of hydrogen-bond acceptors (Lipinski definition) is 5. The van der Waals surface area contributed by atoms with Gasteiger partial charge in [0.1, 0.15) is 18.8 Å². The van der Waals surface area contributed by atoms with Crippen molar-refractivity contribution < 1.29 is 19.0 Å². The third-order valence-electron chi connectivity index (χ3n) is 2.93. The summed E-state index contributed by atoms with van der Waals surface area (Å²) in [6.07, 6.45) is 11.8. The molecule has 0 bridgehead atoms. The molecule has 0 saturated carbocycles. The highest BCUT2D eigenvalue weighted by Gasteiger charge is 2.31. The first-order valence-electron chi connectivity index (χ1n) is 6.07. The summed E-state index contributed by atoms with van der Waals surface area (Å²) in [4.78, 5) is 11.9. The number of nitrogens with one attached hydrogen (secondary N) is 1. The van der Waals surface area contributed by atoms with E-state index in [1.54, 1.807) is 0 Å². The molecule has 2 aliphatic heterocycles. The van der Waals surface area contributed by atoms with Crippen LogP contribution in [0.1, 0.15) is 12.8 Å². The van der Waals surface area contributed by atoms with Gasteiger partial charge in [0.25, 0.3) is 11.1 Å². The number of allylic oxidation sites excluding steroid dienone is 4. The first-order valence-corrected chi connectivity index (χ1v) is 6.48. The summed E-state index contributed by atoms with van der Waals surface area (Å²) in [6.45, 7) is 0. The first-order chi connectivity index (χ1) is 9.75. The minimum Gasteiger partial charge on any atom is -0.465 e. The van der Waals surface area contributed by atoms with E-state index in [1.165, 1.54) is 18.8 Å². The molecular weight excluding hydrogens is 278 g/mol. The van der Waals surface area contributed by atoms with Gasteiger partial charge in [-0.1, -0.05) is 18.2 Å². The fourth-order valence-corrected chi connectivity index (χ4v) is 2.26. The van der Waals surface area contributed by atoms with Crippen LogP contribution in [0, 0.1) is 0 Å². The van der Waals surface area contributed by atoms with Crippen LogP contribution in [0.5, 0.6) is 0 Å². The van der Waals surface area contributed by atoms with Crippen molar-refractivity contribution in [3.05, 3.63) is 59.7 Å². The fourth-order valence-electron chi connectivity index (χ4n) is 2.09. The Labute approximate surface area is 120 Å². The van der Waals surface area contributed by atoms with E-state index in [2.05, 4.69) is 11.4 Å². The molecule has 1 aliphatic carbocycles. The van der Waals surface area contributed by atoms with Gasteiger partial charge in [-0.3, -0.25) is 10.1 Å². The van der Waals surface area contributed by atoms with Gasteiger partial charge in [-0.15, -0.1) is 0 Å². The lowest BCUT2D eigenvalue weighted by Crippen LogP contribution is -2.19. The second-order valence-corrected chi connectivity index (χ2v) is 4.59. The third-order valence-corrected chi connectivity index (χ3v) is 3.11. The maximum Gasteiger partial charge on any atom is 0.295 e. The van der Waals surface area contributed by atoms with E-state index in [4.69, 9.17) is 26.4 Å². The fraction of sp³-hybridized carbons (Fsp3) is 0.143. The summed E-state index contributed by atoms with van der Waals surface area (Å²) in [5, 5.41) is 2.49. The Hall–Kier alpha value is -2.34. The van der Waals surface area contributed by atoms with E-state index in [1.807, 2.05) is 12.2 Å². The van der Waals surface area contributed by atoms with Crippen LogP contribution in [0.2, 0.25) is 0 Å². The lowest BCUT2D eigenvalue weighted by Gasteiger charge is -2.18. The maximum absolute atomic E-state index is 11.9. The monoisotopic (exact) mass is 289 g/mol. The van der Waals surface area contributed by atoms with Crippen molar-refractivity contribution in [1.82, 2.24) is 5.32 Å². The Morgan fingerprint density at radius 2 is 2.25 bits per heavy atom. The highest BCUT2D eigenvalue weighted by atomic mass is 32.1. The minimum absolute atomic E-state index is 0.0438. The molecule has 20 heavy (non-hydrogen) atoms. The Morgan fingerprint density at radius 3 is 2.85 bits per heavy atom. The number of rotatable bonds is 2. The van der Waals surface area contributed by atoms with Crippen molar-refractivity contribution in [2.75, 3.05) is 0 Å². The van der Waals surface area contributed by atoms with Gasteiger partial charge in [-0.2, -0.15) is 0 Å². The SMILES string of the molecule is O=C1NC(=S)OC1=C(C1=CC=CCC1)C1=COC=CO1. The van der Waals surface area contributed by atoms with Gasteiger partial charge in [-0.05, 0) is 30.6 Å². The molecule has 1 N–H and O–H groups in total. The van der Waals surface area contributed by atoms with Crippen molar-refractivity contribution in [2.45, 2.75) is 12.8 Å². The molecule has 0 radical (unpaired) electrons. The van der Waals surface area contributed by atoms with Crippen LogP contribution in [0.15, 0.2) is 59.7 Å². The standard InChI is InChI=1S/C14H11NO4S/c16-13-12(19-14(20)15-13)11(9-4-2-1-3-5-9)10-8-17-6-7-18-10/h1-2,4,6-8H,3,5H2,(H,15,16,20). The average molecular weight is 289 g/mol. The largest absolute Gasteiger partial charge is 0.465 e. The van der Waals surface area contributed by atoms with Crippen molar-refractivity contribution in [3.8, 4) is 0 Å². The lowest BCUT2D eigenvalue weighted by molar-refractivity contribution is -0.116. The van der Waals surface area contributed by atoms with Gasteiger partial charge in [0.2, 0.25) is 5.76 Å². The Bertz CT molecular complexity index is 625. The Balaban J connectivity index is 2.08. The molecule has 102 valence electrons. The molecule has 0 aromatic carbocycles. The zero-order chi connectivity index (χ0) is 13.9. The molecular formula is C14H11NO4S. The molecule has 0 aromatic heterocycles. The summed E-state index contributed by atoms with van der Waals surface area (Å²) in [5.74, 6) is 0.185. The van der Waals surface area contributed by atoms with Gasteiger partial charge in [0.15, 0.2) is 5.76 Å². The Kier molecular flexibility index (Phi) is 3.39. The number of amides is 1. The lowest BCUT2D eigenvalue weighted by atomic mass is 9.94. The molecule has 0 unspecified atom stereocenters. The van der Waals surface area contributed by atoms with Crippen LogP contribution >= 0.6 is 12.2 Å². The van der Waals surface area contributed by atoms with Crippen molar-refractivity contribution in [2.24, 2.45) is 0 Å². The van der Waals surface area contributed by atoms with E-state index < -0.39 is 0 Å². The van der Waals surface area contributed by atoms with Crippen molar-refractivity contribution >= 4 is 23.3 Å². The molecule has 0 atom stereocenters. The zero-order valence-electron chi connectivity index (χ0n) is 10.4. The van der Waals surface area contributed by atoms with E-state index in [0.29, 0.717) is 11.3 Å². The van der Waals surface area contributed by atoms with Gasteiger partial charge < -0.3 is 14.2 Å². The summed E-state index contributed by atoms with van der Waals surface area (Å²) < 4.78 is 15.9. The van der Waals surface area contributed by atoms with E-state index in [0.717, 1.165) is 18.4 Å². The predicted molar refractivity (Wildman–Crippen MR) is 74.7 cm³/mol. The molecule has 5 nitrogen and oxygen atoms in total. The summed E-state index contributed by atoms with van der Waals surface area (Å²) in [5.41, 5.74) is 1.50. The molecule has 6 heteroatoms. The molecule has 3 rings (SSSR count). The highest BCUT2D eigenvalue weighted by Crippen LogP contribution is 2.32. The van der Waals surface area contributed by atoms with Crippen LogP contribution in [0.25, 0.3) is 0 Å². The normalized spacial score (nSPS) is 23.2. The minimum atomic E-state index is -0.375. The van der Waals surface area contributed by atoms with Crippen LogP contribution in [-0.2, 0) is 19.0 Å². The van der Waals surface area contributed by atoms with E-state index >= 15 is 0 Å². The van der Waals surface area contributed by atoms with Crippen molar-refractivity contribution in [3.63, 3.8) is 0 Å². The van der Waals surface area contributed by atoms with Gasteiger partial charge in [-0.25, -0.2) is 0 Å². The van der Waals surface area contributed by atoms with Gasteiger partial charge in [0, 0.05) is 0 Å². The average Bonchev–Trinajstić information content (AvgIpc) is 2.80. The quantitative estimate of drug-likeness (QED) is 0.624. The number of carbonyl (C=O) groups is 1. The number of hydrogen-bond donors (Lipinski definition) is 1. The topological polar surface area (TPSA) is 56.8 Å². The molecule has 0 aromatic rings. The zero-order valence-corrected chi connectivity index (χ0v) is 11.2. The molecule has 0 spiro atoms. The molecule has 1 saturated heterocycles. The Morgan fingerprint density at radius 1 is 1.35 bits per heavy atom. The van der Waals surface area contributed by atoms with E-state index in [-0.39, 0.29) is 16.8 Å². The van der Waals surface area contributed by atoms with Gasteiger partial charge in [0.05, 0.1) is 5.57 Å². The van der Waals surface area contributed by atoms with Gasteiger partial charge >= 0.3 is 0 Å². The highest BCUT2D eigenvalue weighted by molar-refractivity contribution is 7.80. The summed E-state index contributed by atoms with van der Waals surface area (Å²) in [6, 6.07) is 0. The van der Waals surface area contributed by atoms with Crippen LogP contribution < -0.4 is 5.32 Å². The predicted octanol–water partition coefficient (Wildman–Crippen LogP) is 2.31. The van der Waals surface area contributed by atoms with Crippen LogP contribution in [0.3, 0.4) is 0 Å². The third kappa shape index (κ3) is 2.37. The maximum atomic E-state index is 11.9. The van der Waals surface area contributed by atoms with Crippen molar-refractivity contribution in [1.29, 1.82) is 0 Å². The second kappa shape index (κ2) is 5.34. The molecule has 3 aliphatic rings. The first kappa shape index (κ1) is 12.7. The molecule has 2 heterocycles. The summed E-state index contributed by atoms with van der Waals surface area (Å²) >= 11 is 4.87. The second-order valence-electron chi connectivity index (χ2n) is 4.21. The molecule has 1 amide bonds. The number of thiocarbonyl (C=S) groups is 1. The van der Waals surface area contributed by atoms with Crippen LogP contribution in [0.4, 0.5) is 0 Å². The smallest absolute Gasteiger partial charge is 0.295 e. The number of carbonyl (C=O) groups excluding carboxylic acids is 1.